The van der Waals surface area contributed by atoms with Gasteiger partial charge in [0.1, 0.15) is 5.69 Å². The van der Waals surface area contributed by atoms with E-state index in [1.807, 2.05) is 23.3 Å². The second kappa shape index (κ2) is 6.48. The molecule has 0 atom stereocenters. The van der Waals surface area contributed by atoms with E-state index in [1.54, 1.807) is 6.07 Å². The summed E-state index contributed by atoms with van der Waals surface area (Å²) in [5, 5.41) is 2.78. The molecule has 1 aliphatic rings. The van der Waals surface area contributed by atoms with E-state index in [0.29, 0.717) is 5.69 Å². The predicted octanol–water partition coefficient (Wildman–Crippen LogP) is 2.77. The second-order valence-electron chi connectivity index (χ2n) is 6.28. The minimum absolute atomic E-state index is 0.0996. The van der Waals surface area contributed by atoms with Crippen LogP contribution < -0.4 is 10.9 Å². The Morgan fingerprint density at radius 3 is 2.74 bits per heavy atom. The summed E-state index contributed by atoms with van der Waals surface area (Å²) in [6, 6.07) is 1.98. The smallest absolute Gasteiger partial charge is 0.290 e. The molecule has 0 saturated heterocycles. The Balaban J connectivity index is 1.82. The molecule has 0 aliphatic heterocycles. The fraction of sp³-hybridized carbons (Fsp3) is 0.529. The van der Waals surface area contributed by atoms with E-state index in [-0.39, 0.29) is 23.9 Å². The number of furan rings is 1. The first kappa shape index (κ1) is 15.6. The van der Waals surface area contributed by atoms with Gasteiger partial charge in [-0.3, -0.25) is 14.3 Å². The van der Waals surface area contributed by atoms with Gasteiger partial charge in [0.25, 0.3) is 5.56 Å². The van der Waals surface area contributed by atoms with Crippen molar-refractivity contribution in [3.8, 4) is 0 Å². The Hall–Kier alpha value is -2.24. The number of hydrogen-bond acceptors (Lipinski definition) is 3. The summed E-state index contributed by atoms with van der Waals surface area (Å²) in [6.07, 6.45) is 8.88. The number of rotatable bonds is 4. The minimum Gasteiger partial charge on any atom is -0.472 e. The maximum absolute atomic E-state index is 12.8. The summed E-state index contributed by atoms with van der Waals surface area (Å²) in [7, 11) is 1.89. The van der Waals surface area contributed by atoms with Crippen LogP contribution in [0.3, 0.4) is 0 Å². The van der Waals surface area contributed by atoms with Crippen LogP contribution in [0, 0.1) is 6.92 Å². The molecule has 0 radical (unpaired) electrons. The van der Waals surface area contributed by atoms with Gasteiger partial charge in [0.2, 0.25) is 5.91 Å². The third kappa shape index (κ3) is 3.11. The molecular weight excluding hydrogens is 294 g/mol. The third-order valence-corrected chi connectivity index (χ3v) is 4.72. The standard InChI is InChI=1S/C17H23N3O3/c1-12-16(18-15(21)10-13-8-9-23-11-13)17(22)20(19(12)2)14-6-4-3-5-7-14/h8-9,11,14H,3-7,10H2,1-2H3,(H,18,21). The lowest BCUT2D eigenvalue weighted by Crippen LogP contribution is -2.29. The number of aromatic nitrogens is 2. The predicted molar refractivity (Wildman–Crippen MR) is 87.6 cm³/mol. The van der Waals surface area contributed by atoms with Crippen LogP contribution in [-0.4, -0.2) is 15.3 Å². The summed E-state index contributed by atoms with van der Waals surface area (Å²) >= 11 is 0. The molecule has 1 saturated carbocycles. The fourth-order valence-corrected chi connectivity index (χ4v) is 3.37. The highest BCUT2D eigenvalue weighted by Crippen LogP contribution is 2.28. The highest BCUT2D eigenvalue weighted by Gasteiger charge is 2.24. The zero-order valence-electron chi connectivity index (χ0n) is 13.7. The van der Waals surface area contributed by atoms with Crippen LogP contribution in [0.2, 0.25) is 0 Å². The molecule has 6 nitrogen and oxygen atoms in total. The highest BCUT2D eigenvalue weighted by atomic mass is 16.3. The van der Waals surface area contributed by atoms with Crippen molar-refractivity contribution >= 4 is 11.6 Å². The van der Waals surface area contributed by atoms with E-state index < -0.39 is 0 Å². The molecule has 6 heteroatoms. The summed E-state index contributed by atoms with van der Waals surface area (Å²) < 4.78 is 8.65. The van der Waals surface area contributed by atoms with Crippen LogP contribution in [0.1, 0.15) is 49.4 Å². The van der Waals surface area contributed by atoms with E-state index in [1.165, 1.54) is 18.9 Å². The van der Waals surface area contributed by atoms with Crippen molar-refractivity contribution < 1.29 is 9.21 Å². The van der Waals surface area contributed by atoms with Crippen molar-refractivity contribution in [2.75, 3.05) is 5.32 Å². The number of carbonyl (C=O) groups excluding carboxylic acids is 1. The lowest BCUT2D eigenvalue weighted by atomic mass is 9.96. The van der Waals surface area contributed by atoms with Crippen LogP contribution in [0.4, 0.5) is 5.69 Å². The molecule has 2 aromatic heterocycles. The zero-order chi connectivity index (χ0) is 16.4. The fourth-order valence-electron chi connectivity index (χ4n) is 3.37. The summed E-state index contributed by atoms with van der Waals surface area (Å²) in [5.41, 5.74) is 1.88. The number of nitrogens with one attached hydrogen (secondary N) is 1. The number of nitrogens with zero attached hydrogens (tertiary/aromatic N) is 2. The van der Waals surface area contributed by atoms with Gasteiger partial charge < -0.3 is 9.73 Å². The molecule has 124 valence electrons. The molecule has 0 unspecified atom stereocenters. The van der Waals surface area contributed by atoms with Gasteiger partial charge in [-0.1, -0.05) is 19.3 Å². The van der Waals surface area contributed by atoms with E-state index in [0.717, 1.165) is 36.9 Å². The Labute approximate surface area is 135 Å². The molecule has 1 amide bonds. The maximum Gasteiger partial charge on any atom is 0.290 e. The van der Waals surface area contributed by atoms with Crippen LogP contribution >= 0.6 is 0 Å². The van der Waals surface area contributed by atoms with Gasteiger partial charge in [0.05, 0.1) is 30.7 Å². The minimum atomic E-state index is -0.201. The average Bonchev–Trinajstić information content (AvgIpc) is 3.12. The molecule has 1 fully saturated rings. The molecule has 2 heterocycles. The largest absolute Gasteiger partial charge is 0.472 e. The van der Waals surface area contributed by atoms with Crippen molar-refractivity contribution in [1.82, 2.24) is 9.36 Å². The van der Waals surface area contributed by atoms with Crippen LogP contribution in [0.5, 0.6) is 0 Å². The lowest BCUT2D eigenvalue weighted by Gasteiger charge is -2.24. The van der Waals surface area contributed by atoms with E-state index >= 15 is 0 Å². The van der Waals surface area contributed by atoms with Gasteiger partial charge in [-0.05, 0) is 31.4 Å². The van der Waals surface area contributed by atoms with E-state index in [9.17, 15) is 9.59 Å². The van der Waals surface area contributed by atoms with Gasteiger partial charge in [0, 0.05) is 7.05 Å². The van der Waals surface area contributed by atoms with Crippen LogP contribution in [0.15, 0.2) is 27.8 Å². The summed E-state index contributed by atoms with van der Waals surface area (Å²) in [4.78, 5) is 24.9. The van der Waals surface area contributed by atoms with Gasteiger partial charge in [-0.2, -0.15) is 0 Å². The molecule has 1 N–H and O–H groups in total. The van der Waals surface area contributed by atoms with Crippen LogP contribution in [-0.2, 0) is 18.3 Å². The molecule has 3 rings (SSSR count). The number of amides is 1. The zero-order valence-corrected chi connectivity index (χ0v) is 13.7. The van der Waals surface area contributed by atoms with Gasteiger partial charge in [0.15, 0.2) is 0 Å². The molecule has 2 aromatic rings. The van der Waals surface area contributed by atoms with Gasteiger partial charge in [-0.15, -0.1) is 0 Å². The van der Waals surface area contributed by atoms with E-state index in [2.05, 4.69) is 5.32 Å². The quantitative estimate of drug-likeness (QED) is 0.942. The Morgan fingerprint density at radius 2 is 2.09 bits per heavy atom. The number of hydrogen-bond donors (Lipinski definition) is 1. The van der Waals surface area contributed by atoms with Crippen molar-refractivity contribution in [3.05, 3.63) is 40.2 Å². The van der Waals surface area contributed by atoms with Crippen molar-refractivity contribution in [3.63, 3.8) is 0 Å². The SMILES string of the molecule is Cc1c(NC(=O)Cc2ccoc2)c(=O)n(C2CCCCC2)n1C. The van der Waals surface area contributed by atoms with Gasteiger partial charge >= 0.3 is 0 Å². The molecule has 23 heavy (non-hydrogen) atoms. The van der Waals surface area contributed by atoms with Crippen LogP contribution in [0.25, 0.3) is 0 Å². The average molecular weight is 317 g/mol. The Kier molecular flexibility index (Phi) is 4.41. The highest BCUT2D eigenvalue weighted by molar-refractivity contribution is 5.92. The Morgan fingerprint density at radius 1 is 1.35 bits per heavy atom. The first-order valence-corrected chi connectivity index (χ1v) is 8.17. The normalized spacial score (nSPS) is 15.7. The topological polar surface area (TPSA) is 69.2 Å². The van der Waals surface area contributed by atoms with E-state index in [4.69, 9.17) is 4.42 Å². The maximum atomic E-state index is 12.8. The number of anilines is 1. The monoisotopic (exact) mass is 317 g/mol. The molecule has 0 spiro atoms. The summed E-state index contributed by atoms with van der Waals surface area (Å²) in [5.74, 6) is -0.201. The molecular formula is C17H23N3O3. The first-order valence-electron chi connectivity index (χ1n) is 8.17. The van der Waals surface area contributed by atoms with Crippen molar-refractivity contribution in [2.45, 2.75) is 51.5 Å². The Bertz CT molecular complexity index is 734. The lowest BCUT2D eigenvalue weighted by molar-refractivity contribution is -0.115. The third-order valence-electron chi connectivity index (χ3n) is 4.72. The molecule has 1 aliphatic carbocycles. The van der Waals surface area contributed by atoms with Gasteiger partial charge in [-0.25, -0.2) is 4.68 Å². The number of carbonyl (C=O) groups is 1. The summed E-state index contributed by atoms with van der Waals surface area (Å²) in [6.45, 7) is 1.87. The van der Waals surface area contributed by atoms with Crippen molar-refractivity contribution in [1.29, 1.82) is 0 Å². The molecule has 0 aromatic carbocycles. The second-order valence-corrected chi connectivity index (χ2v) is 6.28. The molecule has 0 bridgehead atoms. The van der Waals surface area contributed by atoms with Crippen molar-refractivity contribution in [2.24, 2.45) is 7.05 Å². The first-order chi connectivity index (χ1) is 11.1.